The van der Waals surface area contributed by atoms with Crippen molar-refractivity contribution in [2.75, 3.05) is 10.6 Å². The first-order chi connectivity index (χ1) is 12.2. The van der Waals surface area contributed by atoms with Gasteiger partial charge in [0.1, 0.15) is 16.2 Å². The normalized spacial score (nSPS) is 14.8. The van der Waals surface area contributed by atoms with Crippen molar-refractivity contribution in [2.24, 2.45) is 5.92 Å². The summed E-state index contributed by atoms with van der Waals surface area (Å²) >= 11 is 7.30. The molecule has 1 aromatic carbocycles. The van der Waals surface area contributed by atoms with Gasteiger partial charge in [-0.2, -0.15) is 0 Å². The number of hydrogen-bond donors (Lipinski definition) is 2. The van der Waals surface area contributed by atoms with E-state index in [1.807, 2.05) is 36.4 Å². The van der Waals surface area contributed by atoms with Crippen LogP contribution < -0.4 is 10.6 Å². The minimum absolute atomic E-state index is 0.0797. The van der Waals surface area contributed by atoms with Gasteiger partial charge in [0.25, 0.3) is 0 Å². The Morgan fingerprint density at radius 3 is 2.60 bits per heavy atom. The van der Waals surface area contributed by atoms with Crippen molar-refractivity contribution >= 4 is 55.8 Å². The Kier molecular flexibility index (Phi) is 4.55. The van der Waals surface area contributed by atoms with E-state index in [2.05, 4.69) is 20.6 Å². The molecule has 25 heavy (non-hydrogen) atoms. The van der Waals surface area contributed by atoms with E-state index < -0.39 is 0 Å². The number of rotatable bonds is 4. The highest BCUT2D eigenvalue weighted by Crippen LogP contribution is 2.29. The average molecular weight is 373 g/mol. The number of hydrogen-bond acceptors (Lipinski definition) is 5. The summed E-state index contributed by atoms with van der Waals surface area (Å²) in [6.45, 7) is 0. The van der Waals surface area contributed by atoms with Crippen LogP contribution in [0.5, 0.6) is 0 Å². The highest BCUT2D eigenvalue weighted by atomic mass is 35.5. The van der Waals surface area contributed by atoms with Gasteiger partial charge in [-0.3, -0.25) is 4.79 Å². The maximum Gasteiger partial charge on any atom is 0.229 e. The molecule has 128 valence electrons. The monoisotopic (exact) mass is 372 g/mol. The fraction of sp³-hybridized carbons (Fsp3) is 0.278. The molecule has 1 saturated carbocycles. The summed E-state index contributed by atoms with van der Waals surface area (Å²) in [6, 6.07) is 11.2. The fourth-order valence-electron chi connectivity index (χ4n) is 3.02. The van der Waals surface area contributed by atoms with Crippen LogP contribution in [0.25, 0.3) is 10.3 Å². The zero-order valence-corrected chi connectivity index (χ0v) is 15.0. The van der Waals surface area contributed by atoms with Crippen LogP contribution in [0.15, 0.2) is 36.4 Å². The number of amides is 1. The van der Waals surface area contributed by atoms with Crippen LogP contribution in [0, 0.1) is 5.92 Å². The Bertz CT molecular complexity index is 903. The van der Waals surface area contributed by atoms with Gasteiger partial charge in [-0.05, 0) is 49.2 Å². The van der Waals surface area contributed by atoms with Crippen LogP contribution in [-0.4, -0.2) is 15.9 Å². The first-order valence-electron chi connectivity index (χ1n) is 8.28. The number of benzene rings is 1. The average Bonchev–Trinajstić information content (AvgIpc) is 3.26. The second-order valence-corrected chi connectivity index (χ2v) is 7.56. The van der Waals surface area contributed by atoms with Crippen molar-refractivity contribution in [3.63, 3.8) is 0 Å². The molecule has 0 radical (unpaired) electrons. The van der Waals surface area contributed by atoms with Gasteiger partial charge in [-0.25, -0.2) is 9.97 Å². The third-order valence-corrected chi connectivity index (χ3v) is 5.46. The molecule has 0 saturated heterocycles. The number of thiazole rings is 1. The molecule has 1 aliphatic carbocycles. The Morgan fingerprint density at radius 1 is 1.08 bits per heavy atom. The van der Waals surface area contributed by atoms with Gasteiger partial charge in [0, 0.05) is 16.6 Å². The molecule has 2 heterocycles. The second-order valence-electron chi connectivity index (χ2n) is 6.14. The second kappa shape index (κ2) is 6.98. The predicted molar refractivity (Wildman–Crippen MR) is 103 cm³/mol. The van der Waals surface area contributed by atoms with Crippen molar-refractivity contribution in [1.82, 2.24) is 9.97 Å². The molecule has 7 heteroatoms. The highest BCUT2D eigenvalue weighted by molar-refractivity contribution is 7.22. The number of carbonyl (C=O) groups excluding carboxylic acids is 1. The van der Waals surface area contributed by atoms with Gasteiger partial charge >= 0.3 is 0 Å². The summed E-state index contributed by atoms with van der Waals surface area (Å²) < 4.78 is 0. The van der Waals surface area contributed by atoms with E-state index >= 15 is 0 Å². The summed E-state index contributed by atoms with van der Waals surface area (Å²) in [5.74, 6) is 0.935. The highest BCUT2D eigenvalue weighted by Gasteiger charge is 2.23. The van der Waals surface area contributed by atoms with E-state index in [0.717, 1.165) is 47.5 Å². The van der Waals surface area contributed by atoms with Gasteiger partial charge in [-0.1, -0.05) is 35.8 Å². The summed E-state index contributed by atoms with van der Waals surface area (Å²) in [6.07, 6.45) is 4.23. The molecular formula is C18H17ClN4OS. The Labute approximate surface area is 154 Å². The zero-order valence-electron chi connectivity index (χ0n) is 13.5. The minimum atomic E-state index is 0.0797. The molecule has 0 spiro atoms. The summed E-state index contributed by atoms with van der Waals surface area (Å²) in [4.78, 5) is 22.1. The van der Waals surface area contributed by atoms with Crippen molar-refractivity contribution in [2.45, 2.75) is 25.7 Å². The molecule has 1 aliphatic rings. The number of anilines is 3. The van der Waals surface area contributed by atoms with Gasteiger partial charge in [0.05, 0.1) is 0 Å². The maximum absolute atomic E-state index is 12.2. The third kappa shape index (κ3) is 3.75. The Balaban J connectivity index is 1.50. The number of aromatic nitrogens is 2. The minimum Gasteiger partial charge on any atom is -0.340 e. The fourth-order valence-corrected chi connectivity index (χ4v) is 3.98. The summed E-state index contributed by atoms with van der Waals surface area (Å²) in [5.41, 5.74) is 1.70. The molecule has 0 aliphatic heterocycles. The number of carbonyl (C=O) groups is 1. The van der Waals surface area contributed by atoms with Gasteiger partial charge in [0.15, 0.2) is 5.13 Å². The molecule has 5 nitrogen and oxygen atoms in total. The first kappa shape index (κ1) is 16.3. The smallest absolute Gasteiger partial charge is 0.229 e. The van der Waals surface area contributed by atoms with Crippen molar-refractivity contribution in [1.29, 1.82) is 0 Å². The molecule has 0 atom stereocenters. The number of pyridine rings is 1. The third-order valence-electron chi connectivity index (χ3n) is 4.33. The summed E-state index contributed by atoms with van der Waals surface area (Å²) in [5, 5.41) is 7.49. The lowest BCUT2D eigenvalue weighted by atomic mass is 10.1. The number of nitrogens with zero attached hydrogens (tertiary/aromatic N) is 2. The van der Waals surface area contributed by atoms with E-state index in [4.69, 9.17) is 11.6 Å². The lowest BCUT2D eigenvalue weighted by Crippen LogP contribution is -2.19. The van der Waals surface area contributed by atoms with Crippen LogP contribution in [0.4, 0.5) is 16.6 Å². The van der Waals surface area contributed by atoms with Crippen molar-refractivity contribution in [3.05, 3.63) is 41.4 Å². The van der Waals surface area contributed by atoms with Gasteiger partial charge in [-0.15, -0.1) is 0 Å². The molecular weight excluding hydrogens is 356 g/mol. The number of halogens is 1. The molecule has 0 bridgehead atoms. The van der Waals surface area contributed by atoms with E-state index in [1.165, 1.54) is 11.3 Å². The molecule has 1 fully saturated rings. The van der Waals surface area contributed by atoms with Crippen LogP contribution in [0.3, 0.4) is 0 Å². The van der Waals surface area contributed by atoms with Crippen molar-refractivity contribution in [3.8, 4) is 0 Å². The molecule has 1 amide bonds. The standard InChI is InChI=1S/C18H17ClN4OS/c19-12-5-7-13(8-6-12)20-15-10-9-14-17(22-15)25-18(21-14)23-16(24)11-3-1-2-4-11/h5-11H,1-4H2,(H,20,22)(H,21,23,24). The quantitative estimate of drug-likeness (QED) is 0.659. The van der Waals surface area contributed by atoms with Crippen molar-refractivity contribution < 1.29 is 4.79 Å². The van der Waals surface area contributed by atoms with E-state index in [0.29, 0.717) is 10.2 Å². The van der Waals surface area contributed by atoms with Gasteiger partial charge < -0.3 is 10.6 Å². The topological polar surface area (TPSA) is 66.9 Å². The largest absolute Gasteiger partial charge is 0.340 e. The Morgan fingerprint density at radius 2 is 1.84 bits per heavy atom. The number of nitrogens with one attached hydrogen (secondary N) is 2. The SMILES string of the molecule is O=C(Nc1nc2ccc(Nc3ccc(Cl)cc3)nc2s1)C1CCCC1. The zero-order chi connectivity index (χ0) is 17.2. The maximum atomic E-state index is 12.2. The Hall–Kier alpha value is -2.18. The predicted octanol–water partition coefficient (Wildman–Crippen LogP) is 5.22. The van der Waals surface area contributed by atoms with Crippen LogP contribution in [0.1, 0.15) is 25.7 Å². The van der Waals surface area contributed by atoms with Crippen LogP contribution in [-0.2, 0) is 4.79 Å². The molecule has 0 unspecified atom stereocenters. The van der Waals surface area contributed by atoms with E-state index in [-0.39, 0.29) is 11.8 Å². The molecule has 3 aromatic rings. The molecule has 2 aromatic heterocycles. The lowest BCUT2D eigenvalue weighted by Gasteiger charge is -2.06. The van der Waals surface area contributed by atoms with E-state index in [9.17, 15) is 4.79 Å². The molecule has 2 N–H and O–H groups in total. The van der Waals surface area contributed by atoms with Gasteiger partial charge in [0.2, 0.25) is 5.91 Å². The molecule has 4 rings (SSSR count). The van der Waals surface area contributed by atoms with Crippen LogP contribution in [0.2, 0.25) is 5.02 Å². The lowest BCUT2D eigenvalue weighted by molar-refractivity contribution is -0.119. The summed E-state index contributed by atoms with van der Waals surface area (Å²) in [7, 11) is 0. The van der Waals surface area contributed by atoms with E-state index in [1.54, 1.807) is 0 Å². The van der Waals surface area contributed by atoms with Crippen LogP contribution >= 0.6 is 22.9 Å². The first-order valence-corrected chi connectivity index (χ1v) is 9.48. The number of fused-ring (bicyclic) bond motifs is 1.